The van der Waals surface area contributed by atoms with Crippen LogP contribution in [0.1, 0.15) is 44.7 Å². The molecule has 0 fully saturated rings. The van der Waals surface area contributed by atoms with E-state index in [4.69, 9.17) is 9.47 Å². The number of hydrogen-bond acceptors (Lipinski definition) is 4. The van der Waals surface area contributed by atoms with Crippen LogP contribution in [0, 0.1) is 5.82 Å². The summed E-state index contributed by atoms with van der Waals surface area (Å²) < 4.78 is 24.9. The summed E-state index contributed by atoms with van der Waals surface area (Å²) in [4.78, 5) is 27.4. The second kappa shape index (κ2) is 12.1. The van der Waals surface area contributed by atoms with Crippen molar-refractivity contribution in [3.8, 4) is 11.5 Å². The van der Waals surface area contributed by atoms with Crippen LogP contribution in [0.4, 0.5) is 4.39 Å². The number of halogens is 1. The summed E-state index contributed by atoms with van der Waals surface area (Å²) in [7, 11) is 3.12. The van der Waals surface area contributed by atoms with Gasteiger partial charge >= 0.3 is 0 Å². The van der Waals surface area contributed by atoms with Gasteiger partial charge in [0.05, 0.1) is 14.2 Å². The lowest BCUT2D eigenvalue weighted by molar-refractivity contribution is -0.140. The molecule has 2 aromatic rings. The molecule has 1 N–H and O–H groups in total. The molecule has 0 aliphatic rings. The molecule has 0 unspecified atom stereocenters. The zero-order chi connectivity index (χ0) is 23.7. The smallest absolute Gasteiger partial charge is 0.242 e. The molecule has 32 heavy (non-hydrogen) atoms. The van der Waals surface area contributed by atoms with Crippen LogP contribution in [0.2, 0.25) is 0 Å². The van der Waals surface area contributed by atoms with Crippen molar-refractivity contribution in [3.63, 3.8) is 0 Å². The third kappa shape index (κ3) is 6.70. The summed E-state index contributed by atoms with van der Waals surface area (Å²) in [6, 6.07) is 11.0. The van der Waals surface area contributed by atoms with E-state index in [-0.39, 0.29) is 30.8 Å². The third-order valence-electron chi connectivity index (χ3n) is 5.54. The molecule has 2 amide bonds. The van der Waals surface area contributed by atoms with Crippen LogP contribution in [0.25, 0.3) is 0 Å². The van der Waals surface area contributed by atoms with Crippen molar-refractivity contribution in [2.45, 2.75) is 58.7 Å². The molecule has 2 aromatic carbocycles. The Balaban J connectivity index is 2.19. The van der Waals surface area contributed by atoms with Gasteiger partial charge in [0.15, 0.2) is 11.5 Å². The molecule has 0 aromatic heterocycles. The molecule has 174 valence electrons. The SMILES string of the molecule is CC[C@H](C)NC(=O)[C@H](C)N(Cc1ccccc1F)C(=O)CCc1ccc(OC)c(OC)c1. The van der Waals surface area contributed by atoms with E-state index in [0.29, 0.717) is 23.5 Å². The fourth-order valence-corrected chi connectivity index (χ4v) is 3.29. The van der Waals surface area contributed by atoms with E-state index < -0.39 is 11.9 Å². The minimum Gasteiger partial charge on any atom is -0.493 e. The monoisotopic (exact) mass is 444 g/mol. The van der Waals surface area contributed by atoms with Gasteiger partial charge in [0.1, 0.15) is 11.9 Å². The molecule has 2 atom stereocenters. The Morgan fingerprint density at radius 3 is 2.38 bits per heavy atom. The van der Waals surface area contributed by atoms with Crippen LogP contribution in [0.5, 0.6) is 11.5 Å². The standard InChI is InChI=1S/C25H33FN2O4/c1-6-17(2)27-25(30)18(3)28(16-20-9-7-8-10-21(20)26)24(29)14-12-19-11-13-22(31-4)23(15-19)32-5/h7-11,13,15,17-18H,6,12,14,16H2,1-5H3,(H,27,30)/t17-,18-/m0/s1. The molecule has 0 saturated carbocycles. The summed E-state index contributed by atoms with van der Waals surface area (Å²) in [6.07, 6.45) is 1.40. The van der Waals surface area contributed by atoms with E-state index in [1.165, 1.54) is 11.0 Å². The van der Waals surface area contributed by atoms with Crippen LogP contribution in [0.15, 0.2) is 42.5 Å². The fraction of sp³-hybridized carbons (Fsp3) is 0.440. The van der Waals surface area contributed by atoms with Gasteiger partial charge in [-0.25, -0.2) is 4.39 Å². The van der Waals surface area contributed by atoms with Gasteiger partial charge in [-0.1, -0.05) is 31.2 Å². The first kappa shape index (κ1) is 25.2. The van der Waals surface area contributed by atoms with Crippen molar-refractivity contribution in [2.75, 3.05) is 14.2 Å². The van der Waals surface area contributed by atoms with Gasteiger partial charge in [-0.2, -0.15) is 0 Å². The minimum absolute atomic E-state index is 0.0119. The number of amides is 2. The van der Waals surface area contributed by atoms with E-state index >= 15 is 0 Å². The molecule has 6 nitrogen and oxygen atoms in total. The minimum atomic E-state index is -0.735. The first-order valence-corrected chi connectivity index (χ1v) is 10.8. The van der Waals surface area contributed by atoms with Gasteiger partial charge in [0, 0.05) is 24.6 Å². The van der Waals surface area contributed by atoms with Crippen LogP contribution >= 0.6 is 0 Å². The normalized spacial score (nSPS) is 12.6. The van der Waals surface area contributed by atoms with E-state index in [1.54, 1.807) is 45.4 Å². The molecule has 0 spiro atoms. The van der Waals surface area contributed by atoms with Crippen molar-refractivity contribution in [1.82, 2.24) is 10.2 Å². The largest absolute Gasteiger partial charge is 0.493 e. The molecule has 0 aliphatic heterocycles. The summed E-state index contributed by atoms with van der Waals surface area (Å²) in [6.45, 7) is 5.57. The highest BCUT2D eigenvalue weighted by molar-refractivity contribution is 5.87. The van der Waals surface area contributed by atoms with Crippen LogP contribution in [0.3, 0.4) is 0 Å². The van der Waals surface area contributed by atoms with Crippen LogP contribution in [-0.2, 0) is 22.6 Å². The van der Waals surface area contributed by atoms with E-state index in [2.05, 4.69) is 5.32 Å². The quantitative estimate of drug-likeness (QED) is 0.566. The van der Waals surface area contributed by atoms with Crippen LogP contribution in [-0.4, -0.2) is 43.0 Å². The van der Waals surface area contributed by atoms with Crippen molar-refractivity contribution < 1.29 is 23.5 Å². The highest BCUT2D eigenvalue weighted by Crippen LogP contribution is 2.28. The van der Waals surface area contributed by atoms with Gasteiger partial charge < -0.3 is 19.7 Å². The number of rotatable bonds is 11. The molecule has 0 radical (unpaired) electrons. The zero-order valence-electron chi connectivity index (χ0n) is 19.5. The Bertz CT molecular complexity index is 919. The third-order valence-corrected chi connectivity index (χ3v) is 5.54. The van der Waals surface area contributed by atoms with E-state index in [0.717, 1.165) is 12.0 Å². The maximum Gasteiger partial charge on any atom is 0.242 e. The zero-order valence-corrected chi connectivity index (χ0v) is 19.5. The molecular formula is C25H33FN2O4. The van der Waals surface area contributed by atoms with Crippen molar-refractivity contribution in [1.29, 1.82) is 0 Å². The molecule has 7 heteroatoms. The number of carbonyl (C=O) groups is 2. The van der Waals surface area contributed by atoms with Crippen molar-refractivity contribution in [3.05, 3.63) is 59.4 Å². The Morgan fingerprint density at radius 2 is 1.75 bits per heavy atom. The number of nitrogens with one attached hydrogen (secondary N) is 1. The summed E-state index contributed by atoms with van der Waals surface area (Å²) >= 11 is 0. The number of nitrogens with zero attached hydrogens (tertiary/aromatic N) is 1. The van der Waals surface area contributed by atoms with E-state index in [9.17, 15) is 14.0 Å². The summed E-state index contributed by atoms with van der Waals surface area (Å²) in [5, 5.41) is 2.91. The lowest BCUT2D eigenvalue weighted by Crippen LogP contribution is -2.49. The van der Waals surface area contributed by atoms with Crippen molar-refractivity contribution in [2.24, 2.45) is 0 Å². The first-order chi connectivity index (χ1) is 15.3. The number of methoxy groups -OCH3 is 2. The Kier molecular flexibility index (Phi) is 9.50. The molecular weight excluding hydrogens is 411 g/mol. The Morgan fingerprint density at radius 1 is 1.06 bits per heavy atom. The molecule has 0 heterocycles. The lowest BCUT2D eigenvalue weighted by Gasteiger charge is -2.30. The summed E-state index contributed by atoms with van der Waals surface area (Å²) in [5.41, 5.74) is 1.27. The average molecular weight is 445 g/mol. The number of hydrogen-bond donors (Lipinski definition) is 1. The maximum absolute atomic E-state index is 14.3. The van der Waals surface area contributed by atoms with Gasteiger partial charge in [-0.3, -0.25) is 9.59 Å². The molecule has 2 rings (SSSR count). The number of benzene rings is 2. The molecule has 0 aliphatic carbocycles. The maximum atomic E-state index is 14.3. The summed E-state index contributed by atoms with van der Waals surface area (Å²) in [5.74, 6) is 0.311. The highest BCUT2D eigenvalue weighted by atomic mass is 19.1. The average Bonchev–Trinajstić information content (AvgIpc) is 2.81. The van der Waals surface area contributed by atoms with Gasteiger partial charge in [-0.05, 0) is 50.5 Å². The predicted octanol–water partition coefficient (Wildman–Crippen LogP) is 4.11. The van der Waals surface area contributed by atoms with Crippen LogP contribution < -0.4 is 14.8 Å². The fourth-order valence-electron chi connectivity index (χ4n) is 3.29. The Hall–Kier alpha value is -3.09. The molecule has 0 saturated heterocycles. The molecule has 0 bridgehead atoms. The first-order valence-electron chi connectivity index (χ1n) is 10.8. The topological polar surface area (TPSA) is 67.9 Å². The predicted molar refractivity (Wildman–Crippen MR) is 122 cm³/mol. The highest BCUT2D eigenvalue weighted by Gasteiger charge is 2.27. The number of ether oxygens (including phenoxy) is 2. The van der Waals surface area contributed by atoms with E-state index in [1.807, 2.05) is 26.0 Å². The lowest BCUT2D eigenvalue weighted by atomic mass is 10.1. The Labute approximate surface area is 189 Å². The number of carbonyl (C=O) groups excluding carboxylic acids is 2. The van der Waals surface area contributed by atoms with Gasteiger partial charge in [0.25, 0.3) is 0 Å². The number of aryl methyl sites for hydroxylation is 1. The van der Waals surface area contributed by atoms with Crippen molar-refractivity contribution >= 4 is 11.8 Å². The second-order valence-electron chi connectivity index (χ2n) is 7.80. The van der Waals surface area contributed by atoms with Gasteiger partial charge in [-0.15, -0.1) is 0 Å². The van der Waals surface area contributed by atoms with Gasteiger partial charge in [0.2, 0.25) is 11.8 Å². The second-order valence-corrected chi connectivity index (χ2v) is 7.80.